The lowest BCUT2D eigenvalue weighted by Crippen LogP contribution is -2.64. The normalized spacial score (nSPS) is 21.6. The molecule has 6 nitrogen and oxygen atoms in total. The fourth-order valence-electron chi connectivity index (χ4n) is 1.41. The van der Waals surface area contributed by atoms with Crippen LogP contribution in [-0.4, -0.2) is 42.3 Å². The summed E-state index contributed by atoms with van der Waals surface area (Å²) in [5, 5.41) is 2.94. The molecule has 1 fully saturated rings. The van der Waals surface area contributed by atoms with Crippen molar-refractivity contribution in [1.82, 2.24) is 9.62 Å². The molecule has 1 heterocycles. The number of carbonyl (C=O) groups is 1. The maximum Gasteiger partial charge on any atom is 0.362 e. The van der Waals surface area contributed by atoms with Crippen LogP contribution < -0.4 is 5.32 Å². The molecule has 1 unspecified atom stereocenters. The summed E-state index contributed by atoms with van der Waals surface area (Å²) in [7, 11) is -4.34. The maximum absolute atomic E-state index is 11.2. The third-order valence-corrected chi connectivity index (χ3v) is 3.23. The lowest BCUT2D eigenvalue weighted by molar-refractivity contribution is -0.137. The molecule has 1 aliphatic rings. The second kappa shape index (κ2) is 4.91. The molecule has 0 aromatic rings. The number of carbonyl (C=O) groups excluding carboxylic acids is 1. The van der Waals surface area contributed by atoms with E-state index in [4.69, 9.17) is 4.55 Å². The molecule has 1 aliphatic heterocycles. The van der Waals surface area contributed by atoms with Gasteiger partial charge in [0.15, 0.2) is 0 Å². The Kier molecular flexibility index (Phi) is 4.06. The van der Waals surface area contributed by atoms with E-state index in [0.29, 0.717) is 10.8 Å². The van der Waals surface area contributed by atoms with Crippen LogP contribution in [0, 0.1) is 0 Å². The zero-order valence-electron chi connectivity index (χ0n) is 8.64. The van der Waals surface area contributed by atoms with E-state index < -0.39 is 22.3 Å². The van der Waals surface area contributed by atoms with E-state index in [9.17, 15) is 13.2 Å². The van der Waals surface area contributed by atoms with Crippen LogP contribution in [0.2, 0.25) is 0 Å². The topological polar surface area (TPSA) is 86.7 Å². The smallest absolute Gasteiger partial charge is 0.304 e. The summed E-state index contributed by atoms with van der Waals surface area (Å²) in [5.74, 6) is -0.575. The maximum atomic E-state index is 11.2. The van der Waals surface area contributed by atoms with Crippen molar-refractivity contribution in [3.8, 4) is 0 Å². The lowest BCUT2D eigenvalue weighted by Gasteiger charge is -2.35. The monoisotopic (exact) mass is 236 g/mol. The van der Waals surface area contributed by atoms with Crippen molar-refractivity contribution in [2.24, 2.45) is 0 Å². The number of nitrogens with one attached hydrogen (secondary N) is 1. The van der Waals surface area contributed by atoms with Gasteiger partial charge in [-0.25, -0.2) is 4.31 Å². The SMILES string of the molecule is CCCCCNC1CN(S(=O)(=O)O)C1=O. The minimum Gasteiger partial charge on any atom is -0.304 e. The summed E-state index contributed by atoms with van der Waals surface area (Å²) in [6, 6.07) is -0.455. The molecule has 0 bridgehead atoms. The first-order chi connectivity index (χ1) is 6.96. The molecule has 0 aliphatic carbocycles. The second-order valence-corrected chi connectivity index (χ2v) is 4.90. The molecule has 0 aromatic heterocycles. The van der Waals surface area contributed by atoms with E-state index in [1.54, 1.807) is 0 Å². The Balaban J connectivity index is 2.25. The van der Waals surface area contributed by atoms with E-state index in [-0.39, 0.29) is 6.54 Å². The van der Waals surface area contributed by atoms with Crippen molar-refractivity contribution < 1.29 is 17.8 Å². The first-order valence-corrected chi connectivity index (χ1v) is 6.39. The first-order valence-electron chi connectivity index (χ1n) is 4.99. The average Bonchev–Trinajstić information content (AvgIpc) is 2.12. The third kappa shape index (κ3) is 3.15. The summed E-state index contributed by atoms with van der Waals surface area (Å²) in [5.41, 5.74) is 0. The minimum atomic E-state index is -4.34. The summed E-state index contributed by atoms with van der Waals surface area (Å²) >= 11 is 0. The van der Waals surface area contributed by atoms with Gasteiger partial charge in [0.25, 0.3) is 5.91 Å². The molecule has 0 spiro atoms. The molecule has 2 N–H and O–H groups in total. The Morgan fingerprint density at radius 1 is 1.53 bits per heavy atom. The van der Waals surface area contributed by atoms with Crippen LogP contribution in [0.15, 0.2) is 0 Å². The number of amides is 1. The third-order valence-electron chi connectivity index (χ3n) is 2.34. The summed E-state index contributed by atoms with van der Waals surface area (Å²) < 4.78 is 30.2. The zero-order chi connectivity index (χ0) is 11.5. The van der Waals surface area contributed by atoms with Gasteiger partial charge < -0.3 is 5.32 Å². The van der Waals surface area contributed by atoms with Crippen LogP contribution in [0.25, 0.3) is 0 Å². The predicted octanol–water partition coefficient (Wildman–Crippen LogP) is -0.220. The highest BCUT2D eigenvalue weighted by Crippen LogP contribution is 2.13. The first kappa shape index (κ1) is 12.4. The molecule has 1 rings (SSSR count). The Labute approximate surface area is 89.5 Å². The molecule has 1 atom stereocenters. The van der Waals surface area contributed by atoms with E-state index in [0.717, 1.165) is 19.3 Å². The van der Waals surface area contributed by atoms with Crippen LogP contribution in [-0.2, 0) is 15.1 Å². The van der Waals surface area contributed by atoms with Gasteiger partial charge in [-0.15, -0.1) is 0 Å². The van der Waals surface area contributed by atoms with Crippen LogP contribution in [0.5, 0.6) is 0 Å². The van der Waals surface area contributed by atoms with Gasteiger partial charge in [0.2, 0.25) is 0 Å². The molecule has 0 saturated carbocycles. The van der Waals surface area contributed by atoms with Gasteiger partial charge in [0.1, 0.15) is 6.04 Å². The Bertz CT molecular complexity index is 328. The highest BCUT2D eigenvalue weighted by atomic mass is 32.2. The van der Waals surface area contributed by atoms with Crippen molar-refractivity contribution >= 4 is 16.2 Å². The largest absolute Gasteiger partial charge is 0.362 e. The van der Waals surface area contributed by atoms with Crippen molar-refractivity contribution in [1.29, 1.82) is 0 Å². The van der Waals surface area contributed by atoms with Crippen molar-refractivity contribution in [3.63, 3.8) is 0 Å². The average molecular weight is 236 g/mol. The second-order valence-electron chi connectivity index (χ2n) is 3.56. The Morgan fingerprint density at radius 3 is 2.67 bits per heavy atom. The quantitative estimate of drug-likeness (QED) is 0.378. The van der Waals surface area contributed by atoms with Crippen molar-refractivity contribution in [3.05, 3.63) is 0 Å². The molecular weight excluding hydrogens is 220 g/mol. The molecule has 88 valence electrons. The van der Waals surface area contributed by atoms with E-state index in [1.807, 2.05) is 0 Å². The Hall–Kier alpha value is -0.660. The highest BCUT2D eigenvalue weighted by molar-refractivity contribution is 7.84. The van der Waals surface area contributed by atoms with Crippen molar-refractivity contribution in [2.45, 2.75) is 32.2 Å². The number of hydrogen-bond donors (Lipinski definition) is 2. The molecule has 1 saturated heterocycles. The predicted molar refractivity (Wildman–Crippen MR) is 54.6 cm³/mol. The lowest BCUT2D eigenvalue weighted by atomic mass is 10.1. The van der Waals surface area contributed by atoms with Gasteiger partial charge in [-0.2, -0.15) is 8.42 Å². The molecule has 0 aromatic carbocycles. The van der Waals surface area contributed by atoms with Gasteiger partial charge >= 0.3 is 10.3 Å². The van der Waals surface area contributed by atoms with E-state index >= 15 is 0 Å². The molecule has 1 amide bonds. The number of rotatable bonds is 6. The number of hydrogen-bond acceptors (Lipinski definition) is 4. The summed E-state index contributed by atoms with van der Waals surface area (Å²) in [4.78, 5) is 11.2. The number of nitrogens with zero attached hydrogens (tertiary/aromatic N) is 1. The van der Waals surface area contributed by atoms with Crippen LogP contribution in [0.3, 0.4) is 0 Å². The summed E-state index contributed by atoms with van der Waals surface area (Å²) in [6.07, 6.45) is 3.14. The summed E-state index contributed by atoms with van der Waals surface area (Å²) in [6.45, 7) is 2.81. The fraction of sp³-hybridized carbons (Fsp3) is 0.875. The highest BCUT2D eigenvalue weighted by Gasteiger charge is 2.42. The van der Waals surface area contributed by atoms with E-state index in [1.165, 1.54) is 0 Å². The molecule has 7 heteroatoms. The van der Waals surface area contributed by atoms with Crippen LogP contribution in [0.4, 0.5) is 0 Å². The fourth-order valence-corrected chi connectivity index (χ4v) is 2.10. The van der Waals surface area contributed by atoms with Crippen molar-refractivity contribution in [2.75, 3.05) is 13.1 Å². The van der Waals surface area contributed by atoms with E-state index in [2.05, 4.69) is 12.2 Å². The molecular formula is C8H16N2O4S. The standard InChI is InChI=1S/C8H16N2O4S/c1-2-3-4-5-9-7-6-10(8(7)11)15(12,13)14/h7,9H,2-6H2,1H3,(H,12,13,14). The minimum absolute atomic E-state index is 0.0315. The van der Waals surface area contributed by atoms with Gasteiger partial charge in [0.05, 0.1) is 6.54 Å². The van der Waals surface area contributed by atoms with Gasteiger partial charge in [-0.05, 0) is 13.0 Å². The zero-order valence-corrected chi connectivity index (χ0v) is 9.46. The molecule has 0 radical (unpaired) electrons. The van der Waals surface area contributed by atoms with Gasteiger partial charge in [0, 0.05) is 0 Å². The molecule has 15 heavy (non-hydrogen) atoms. The van der Waals surface area contributed by atoms with Crippen LogP contribution >= 0.6 is 0 Å². The van der Waals surface area contributed by atoms with Crippen LogP contribution in [0.1, 0.15) is 26.2 Å². The van der Waals surface area contributed by atoms with Gasteiger partial charge in [-0.3, -0.25) is 9.35 Å². The Morgan fingerprint density at radius 2 is 2.20 bits per heavy atom. The van der Waals surface area contributed by atoms with Gasteiger partial charge in [-0.1, -0.05) is 19.8 Å². The number of unbranched alkanes of at least 4 members (excludes halogenated alkanes) is 2. The number of β-lactam (4-membered cyclic amide) rings is 1.